The summed E-state index contributed by atoms with van der Waals surface area (Å²) in [5, 5.41) is 0. The molecule has 0 saturated carbocycles. The summed E-state index contributed by atoms with van der Waals surface area (Å²) in [4.78, 5) is 38.0. The van der Waals surface area contributed by atoms with Crippen LogP contribution in [-0.4, -0.2) is 70.0 Å². The minimum atomic E-state index is -4.67. The minimum absolute atomic E-state index is 0.0527. The lowest BCUT2D eigenvalue weighted by atomic mass is 10.0. The lowest BCUT2D eigenvalue weighted by Gasteiger charge is -2.28. The van der Waals surface area contributed by atoms with Gasteiger partial charge in [-0.2, -0.15) is 0 Å². The molecule has 0 aromatic carbocycles. The maximum atomic E-state index is 12.9. The second kappa shape index (κ2) is 69.7. The maximum Gasteiger partial charge on any atom is 0.306 e. The van der Waals surface area contributed by atoms with Crippen LogP contribution < -0.4 is 4.89 Å². The molecule has 0 spiro atoms. The third-order valence-corrected chi connectivity index (χ3v) is 15.0. The van der Waals surface area contributed by atoms with Crippen LogP contribution in [0.15, 0.2) is 219 Å². The van der Waals surface area contributed by atoms with Gasteiger partial charge < -0.3 is 27.9 Å². The molecule has 0 heterocycles. The van der Waals surface area contributed by atoms with Crippen LogP contribution >= 0.6 is 7.82 Å². The van der Waals surface area contributed by atoms with Crippen molar-refractivity contribution in [3.8, 4) is 0 Å². The Balaban J connectivity index is 4.21. The molecule has 9 nitrogen and oxygen atoms in total. The molecule has 2 atom stereocenters. The number of nitrogens with zero attached hydrogens (tertiary/aromatic N) is 1. The summed E-state index contributed by atoms with van der Waals surface area (Å²) >= 11 is 0. The summed E-state index contributed by atoms with van der Waals surface area (Å²) in [5.74, 6) is -0.923. The van der Waals surface area contributed by atoms with Gasteiger partial charge in [-0.25, -0.2) is 0 Å². The van der Waals surface area contributed by atoms with E-state index in [-0.39, 0.29) is 26.1 Å². The summed E-state index contributed by atoms with van der Waals surface area (Å²) in [7, 11) is 1.10. The Kier molecular flexibility index (Phi) is 65.4. The fourth-order valence-electron chi connectivity index (χ4n) is 8.65. The van der Waals surface area contributed by atoms with Gasteiger partial charge >= 0.3 is 11.9 Å². The number of phosphoric acid groups is 1. The molecule has 0 aromatic heterocycles. The van der Waals surface area contributed by atoms with E-state index in [1.807, 2.05) is 21.1 Å². The van der Waals surface area contributed by atoms with E-state index in [1.165, 1.54) is 44.9 Å². The molecular formula is C82H128NO8P. The summed E-state index contributed by atoms with van der Waals surface area (Å²) in [6, 6.07) is 0. The first kappa shape index (κ1) is 86.3. The number of carbonyl (C=O) groups is 2. The molecule has 0 aliphatic carbocycles. The van der Waals surface area contributed by atoms with Crippen LogP contribution in [0.2, 0.25) is 0 Å². The second-order valence-electron chi connectivity index (χ2n) is 23.8. The fraction of sp³-hybridized carbons (Fsp3) is 0.537. The quantitative estimate of drug-likeness (QED) is 0.0195. The number of hydrogen-bond acceptors (Lipinski definition) is 8. The van der Waals surface area contributed by atoms with Gasteiger partial charge in [0.15, 0.2) is 6.10 Å². The monoisotopic (exact) mass is 1290 g/mol. The number of phosphoric ester groups is 1. The van der Waals surface area contributed by atoms with E-state index in [4.69, 9.17) is 18.5 Å². The Labute approximate surface area is 563 Å². The van der Waals surface area contributed by atoms with Gasteiger partial charge in [-0.15, -0.1) is 0 Å². The average Bonchev–Trinajstić information content (AvgIpc) is 2.14. The smallest absolute Gasteiger partial charge is 0.306 e. The average molecular weight is 1290 g/mol. The van der Waals surface area contributed by atoms with E-state index in [1.54, 1.807) is 0 Å². The molecule has 0 fully saturated rings. The number of quaternary nitrogens is 1. The lowest BCUT2D eigenvalue weighted by Crippen LogP contribution is -2.37. The normalized spacial score (nSPS) is 14.5. The number of esters is 2. The third kappa shape index (κ3) is 73.4. The molecule has 0 aliphatic heterocycles. The van der Waals surface area contributed by atoms with E-state index in [0.717, 1.165) is 141 Å². The highest BCUT2D eigenvalue weighted by atomic mass is 31.2. The maximum absolute atomic E-state index is 12.9. The number of allylic oxidation sites excluding steroid dienone is 36. The summed E-state index contributed by atoms with van der Waals surface area (Å²) in [6.45, 7) is 3.91. The zero-order chi connectivity index (χ0) is 66.9. The van der Waals surface area contributed by atoms with Crippen molar-refractivity contribution in [3.63, 3.8) is 0 Å². The van der Waals surface area contributed by atoms with Crippen molar-refractivity contribution in [3.05, 3.63) is 219 Å². The number of ether oxygens (including phenoxy) is 2. The first-order valence-electron chi connectivity index (χ1n) is 35.4. The Morgan fingerprint density at radius 3 is 0.902 bits per heavy atom. The van der Waals surface area contributed by atoms with Crippen LogP contribution in [0, 0.1) is 0 Å². The Morgan fingerprint density at radius 2 is 0.598 bits per heavy atom. The Morgan fingerprint density at radius 1 is 0.337 bits per heavy atom. The summed E-state index contributed by atoms with van der Waals surface area (Å²) in [5.41, 5.74) is 0. The van der Waals surface area contributed by atoms with Crippen LogP contribution in [0.5, 0.6) is 0 Å². The van der Waals surface area contributed by atoms with Crippen LogP contribution in [-0.2, 0) is 32.7 Å². The standard InChI is InChI=1S/C82H128NO8P/c1-6-8-10-12-14-16-18-20-22-24-26-28-30-32-34-36-37-38-39-40-41-42-43-44-45-47-49-51-53-55-57-59-61-63-65-67-69-71-73-75-82(85)91-80(79-90-92(86,87)89-77-76-83(3,4)5)78-88-81(84)74-72-70-68-66-64-62-60-58-56-54-52-50-48-46-35-33-31-29-27-25-23-21-19-17-15-13-11-9-7-2/h8-11,14-17,20-23,26-29,32-35,37-38,40-41,43-44,47-50,54,56,60,62,66,68,80H,6-7,12-13,18-19,24-25,30-31,36,39,42,45-46,51-53,55,57-59,61,63-65,67,69-79H2,1-5H3/b10-8-,11-9-,16-14-,17-15-,22-20-,23-21-,28-26-,29-27-,34-32-,35-33-,38-37-,41-40-,44-43-,49-47-,50-48-,56-54-,62-60-,68-66-. The largest absolute Gasteiger partial charge is 0.756 e. The van der Waals surface area contributed by atoms with Crippen molar-refractivity contribution in [1.29, 1.82) is 0 Å². The van der Waals surface area contributed by atoms with Gasteiger partial charge in [-0.05, 0) is 148 Å². The zero-order valence-corrected chi connectivity index (χ0v) is 59.3. The molecule has 2 unspecified atom stereocenters. The topological polar surface area (TPSA) is 111 Å². The molecule has 0 radical (unpaired) electrons. The second-order valence-corrected chi connectivity index (χ2v) is 25.2. The summed E-state index contributed by atoms with van der Waals surface area (Å²) < 4.78 is 34.2. The molecule has 0 aliphatic rings. The van der Waals surface area contributed by atoms with Gasteiger partial charge in [-0.3, -0.25) is 14.2 Å². The van der Waals surface area contributed by atoms with E-state index in [2.05, 4.69) is 233 Å². The van der Waals surface area contributed by atoms with Gasteiger partial charge in [-0.1, -0.05) is 290 Å². The van der Waals surface area contributed by atoms with Crippen molar-refractivity contribution in [2.45, 2.75) is 238 Å². The highest BCUT2D eigenvalue weighted by molar-refractivity contribution is 7.45. The molecule has 0 amide bonds. The molecule has 0 N–H and O–H groups in total. The fourth-order valence-corrected chi connectivity index (χ4v) is 9.38. The number of hydrogen-bond donors (Lipinski definition) is 0. The highest BCUT2D eigenvalue weighted by Gasteiger charge is 2.22. The van der Waals surface area contributed by atoms with Crippen LogP contribution in [0.25, 0.3) is 0 Å². The van der Waals surface area contributed by atoms with Crippen LogP contribution in [0.1, 0.15) is 232 Å². The first-order valence-corrected chi connectivity index (χ1v) is 36.9. The van der Waals surface area contributed by atoms with E-state index in [9.17, 15) is 19.0 Å². The SMILES string of the molecule is CC/C=C\C/C=C\C/C=C\C/C=C\C/C=C\C/C=C\C/C=C\C/C=C\C/C=C\CCCCCCCCCCCCCC(=O)OC(COC(=O)CCC/C=C\C/C=C\C/C=C\C/C=C\C/C=C\C/C=C\C/C=C\C/C=C\C/C=C\CC)COP(=O)([O-])OCC[N+](C)(C)C. The highest BCUT2D eigenvalue weighted by Crippen LogP contribution is 2.38. The Bertz CT molecular complexity index is 2360. The van der Waals surface area contributed by atoms with Gasteiger partial charge in [0, 0.05) is 12.8 Å². The van der Waals surface area contributed by atoms with Crippen molar-refractivity contribution in [1.82, 2.24) is 0 Å². The predicted molar refractivity (Wildman–Crippen MR) is 396 cm³/mol. The molecule has 0 saturated heterocycles. The predicted octanol–water partition coefficient (Wildman–Crippen LogP) is 23.0. The van der Waals surface area contributed by atoms with E-state index < -0.39 is 32.5 Å². The minimum Gasteiger partial charge on any atom is -0.756 e. The molecule has 0 aromatic rings. The third-order valence-electron chi connectivity index (χ3n) is 14.0. The van der Waals surface area contributed by atoms with Crippen molar-refractivity contribution < 1.29 is 42.1 Å². The molecule has 10 heteroatoms. The molecule has 0 bridgehead atoms. The van der Waals surface area contributed by atoms with Crippen molar-refractivity contribution in [2.75, 3.05) is 47.5 Å². The van der Waals surface area contributed by atoms with Gasteiger partial charge in [0.25, 0.3) is 7.82 Å². The lowest BCUT2D eigenvalue weighted by molar-refractivity contribution is -0.870. The van der Waals surface area contributed by atoms with Crippen LogP contribution in [0.4, 0.5) is 0 Å². The molecule has 92 heavy (non-hydrogen) atoms. The van der Waals surface area contributed by atoms with Crippen molar-refractivity contribution >= 4 is 19.8 Å². The summed E-state index contributed by atoms with van der Waals surface area (Å²) in [6.07, 6.45) is 112. The number of likely N-dealkylation sites (N-methyl/N-ethyl adjacent to an activating group) is 1. The number of carbonyl (C=O) groups excluding carboxylic acids is 2. The van der Waals surface area contributed by atoms with Crippen LogP contribution in [0.3, 0.4) is 0 Å². The molecule has 514 valence electrons. The van der Waals surface area contributed by atoms with E-state index in [0.29, 0.717) is 30.3 Å². The Hall–Kier alpha value is -5.67. The molecular weight excluding hydrogens is 1160 g/mol. The van der Waals surface area contributed by atoms with E-state index >= 15 is 0 Å². The molecule has 0 rings (SSSR count). The number of unbranched alkanes of at least 4 members (excludes halogenated alkanes) is 12. The van der Waals surface area contributed by atoms with Crippen molar-refractivity contribution in [2.24, 2.45) is 0 Å². The zero-order valence-electron chi connectivity index (χ0n) is 58.4. The first-order chi connectivity index (χ1) is 45.0. The van der Waals surface area contributed by atoms with Gasteiger partial charge in [0.1, 0.15) is 19.8 Å². The van der Waals surface area contributed by atoms with Gasteiger partial charge in [0.2, 0.25) is 0 Å². The number of rotatable bonds is 62. The van der Waals surface area contributed by atoms with Gasteiger partial charge in [0.05, 0.1) is 27.7 Å².